The van der Waals surface area contributed by atoms with Crippen molar-refractivity contribution in [1.82, 2.24) is 4.57 Å². The van der Waals surface area contributed by atoms with Gasteiger partial charge in [-0.3, -0.25) is 0 Å². The van der Waals surface area contributed by atoms with E-state index in [-0.39, 0.29) is 6.10 Å². The van der Waals surface area contributed by atoms with Crippen LogP contribution < -0.4 is 0 Å². The van der Waals surface area contributed by atoms with Crippen molar-refractivity contribution < 1.29 is 5.11 Å². The van der Waals surface area contributed by atoms with Gasteiger partial charge in [0.05, 0.1) is 6.10 Å². The average Bonchev–Trinajstić information content (AvgIpc) is 3.19. The van der Waals surface area contributed by atoms with Crippen molar-refractivity contribution in [3.8, 4) is 0 Å². The van der Waals surface area contributed by atoms with Crippen LogP contribution in [0.4, 0.5) is 0 Å². The first-order valence-corrected chi connectivity index (χ1v) is 7.83. The molecule has 1 aliphatic carbocycles. The molecule has 0 amide bonds. The third kappa shape index (κ3) is 3.43. The van der Waals surface area contributed by atoms with E-state index in [2.05, 4.69) is 47.3 Å². The highest BCUT2D eigenvalue weighted by Gasteiger charge is 2.31. The molecule has 3 heteroatoms. The van der Waals surface area contributed by atoms with E-state index in [0.717, 1.165) is 17.9 Å². The molecule has 3 rings (SSSR count). The first kappa shape index (κ1) is 12.8. The second-order valence-electron chi connectivity index (χ2n) is 5.13. The van der Waals surface area contributed by atoms with Crippen molar-refractivity contribution in [2.24, 2.45) is 5.92 Å². The third-order valence-electron chi connectivity index (χ3n) is 3.54. The van der Waals surface area contributed by atoms with Gasteiger partial charge in [0.1, 0.15) is 0 Å². The number of thioether (sulfide) groups is 1. The van der Waals surface area contributed by atoms with Crippen LogP contribution in [0.5, 0.6) is 0 Å². The Morgan fingerprint density at radius 1 is 1.21 bits per heavy atom. The van der Waals surface area contributed by atoms with Crippen LogP contribution in [0.25, 0.3) is 0 Å². The highest BCUT2D eigenvalue weighted by atomic mass is 32.2. The Balaban J connectivity index is 1.50. The van der Waals surface area contributed by atoms with E-state index in [0.29, 0.717) is 5.92 Å². The third-order valence-corrected chi connectivity index (χ3v) is 4.54. The molecule has 1 atom stereocenters. The Hall–Kier alpha value is -1.19. The quantitative estimate of drug-likeness (QED) is 0.811. The average molecular weight is 273 g/mol. The van der Waals surface area contributed by atoms with Crippen molar-refractivity contribution >= 4 is 11.8 Å². The van der Waals surface area contributed by atoms with Gasteiger partial charge in [-0.15, -0.1) is 11.8 Å². The van der Waals surface area contributed by atoms with Gasteiger partial charge < -0.3 is 9.67 Å². The van der Waals surface area contributed by atoms with E-state index in [1.807, 2.05) is 17.8 Å². The van der Waals surface area contributed by atoms with Crippen LogP contribution in [0.1, 0.15) is 24.5 Å². The van der Waals surface area contributed by atoms with Gasteiger partial charge in [0, 0.05) is 29.6 Å². The molecule has 2 nitrogen and oxygen atoms in total. The van der Waals surface area contributed by atoms with Crippen molar-refractivity contribution in [2.75, 3.05) is 5.75 Å². The molecule has 0 saturated heterocycles. The topological polar surface area (TPSA) is 25.2 Å². The standard InChI is InChI=1S/C16H19NOS/c18-16(13-6-7-13)14-8-9-17(12-14)10-11-19-15-4-2-1-3-5-15/h1-5,8-9,12-13,16,18H,6-7,10-11H2. The van der Waals surface area contributed by atoms with Crippen LogP contribution in [0.15, 0.2) is 53.7 Å². The molecule has 1 fully saturated rings. The number of hydrogen-bond donors (Lipinski definition) is 1. The predicted molar refractivity (Wildman–Crippen MR) is 79.3 cm³/mol. The molecule has 1 unspecified atom stereocenters. The number of rotatable bonds is 6. The first-order valence-electron chi connectivity index (χ1n) is 6.84. The molecule has 0 bridgehead atoms. The number of aliphatic hydroxyl groups is 1. The lowest BCUT2D eigenvalue weighted by molar-refractivity contribution is 0.154. The van der Waals surface area contributed by atoms with Crippen LogP contribution >= 0.6 is 11.8 Å². The summed E-state index contributed by atoms with van der Waals surface area (Å²) in [7, 11) is 0. The molecular formula is C16H19NOS. The van der Waals surface area contributed by atoms with Gasteiger partial charge in [-0.2, -0.15) is 0 Å². The molecule has 0 radical (unpaired) electrons. The molecule has 1 saturated carbocycles. The maximum absolute atomic E-state index is 10.1. The van der Waals surface area contributed by atoms with E-state index >= 15 is 0 Å². The number of nitrogens with zero attached hydrogens (tertiary/aromatic N) is 1. The van der Waals surface area contributed by atoms with Crippen molar-refractivity contribution in [1.29, 1.82) is 0 Å². The lowest BCUT2D eigenvalue weighted by Crippen LogP contribution is -2.00. The molecule has 1 aromatic carbocycles. The smallest absolute Gasteiger partial charge is 0.0832 e. The highest BCUT2D eigenvalue weighted by Crippen LogP contribution is 2.40. The molecule has 0 aliphatic heterocycles. The summed E-state index contributed by atoms with van der Waals surface area (Å²) in [5.41, 5.74) is 1.08. The number of aromatic nitrogens is 1. The Kier molecular flexibility index (Phi) is 3.95. The Morgan fingerprint density at radius 2 is 2.00 bits per heavy atom. The van der Waals surface area contributed by atoms with Crippen LogP contribution in [-0.2, 0) is 6.54 Å². The van der Waals surface area contributed by atoms with Crippen molar-refractivity contribution in [3.05, 3.63) is 54.4 Å². The summed E-state index contributed by atoms with van der Waals surface area (Å²) < 4.78 is 2.18. The van der Waals surface area contributed by atoms with Crippen LogP contribution in [0.3, 0.4) is 0 Å². The summed E-state index contributed by atoms with van der Waals surface area (Å²) >= 11 is 1.87. The fourth-order valence-corrected chi connectivity index (χ4v) is 3.13. The Bertz CT molecular complexity index is 519. The van der Waals surface area contributed by atoms with Gasteiger partial charge in [-0.1, -0.05) is 18.2 Å². The zero-order chi connectivity index (χ0) is 13.1. The maximum atomic E-state index is 10.1. The minimum atomic E-state index is -0.247. The van der Waals surface area contributed by atoms with E-state index in [4.69, 9.17) is 0 Å². The van der Waals surface area contributed by atoms with E-state index < -0.39 is 0 Å². The number of benzene rings is 1. The molecule has 2 aromatic rings. The van der Waals surface area contributed by atoms with Gasteiger partial charge in [-0.25, -0.2) is 0 Å². The fourth-order valence-electron chi connectivity index (χ4n) is 2.24. The zero-order valence-electron chi connectivity index (χ0n) is 10.9. The lowest BCUT2D eigenvalue weighted by Gasteiger charge is -2.06. The van der Waals surface area contributed by atoms with Crippen LogP contribution in [0.2, 0.25) is 0 Å². The minimum absolute atomic E-state index is 0.247. The van der Waals surface area contributed by atoms with Gasteiger partial charge in [0.25, 0.3) is 0 Å². The Morgan fingerprint density at radius 3 is 2.74 bits per heavy atom. The first-order chi connectivity index (χ1) is 9.33. The van der Waals surface area contributed by atoms with E-state index in [1.54, 1.807) is 0 Å². The summed E-state index contributed by atoms with van der Waals surface area (Å²) in [6, 6.07) is 12.5. The molecule has 19 heavy (non-hydrogen) atoms. The number of aliphatic hydroxyl groups excluding tert-OH is 1. The van der Waals surface area contributed by atoms with Gasteiger partial charge >= 0.3 is 0 Å². The van der Waals surface area contributed by atoms with Crippen LogP contribution in [-0.4, -0.2) is 15.4 Å². The van der Waals surface area contributed by atoms with Gasteiger partial charge in [0.15, 0.2) is 0 Å². The fraction of sp³-hybridized carbons (Fsp3) is 0.375. The predicted octanol–water partition coefficient (Wildman–Crippen LogP) is 3.72. The highest BCUT2D eigenvalue weighted by molar-refractivity contribution is 7.99. The molecule has 100 valence electrons. The van der Waals surface area contributed by atoms with Gasteiger partial charge in [0.2, 0.25) is 0 Å². The normalized spacial score (nSPS) is 16.5. The monoisotopic (exact) mass is 273 g/mol. The molecular weight excluding hydrogens is 254 g/mol. The summed E-state index contributed by atoms with van der Waals surface area (Å²) in [5.74, 6) is 1.56. The molecule has 1 aliphatic rings. The molecule has 1 heterocycles. The van der Waals surface area contributed by atoms with Crippen molar-refractivity contribution in [3.63, 3.8) is 0 Å². The summed E-state index contributed by atoms with van der Waals surface area (Å²) in [6.45, 7) is 0.983. The largest absolute Gasteiger partial charge is 0.388 e. The summed E-state index contributed by atoms with van der Waals surface area (Å²) in [5, 5.41) is 10.1. The molecule has 1 aromatic heterocycles. The minimum Gasteiger partial charge on any atom is -0.388 e. The van der Waals surface area contributed by atoms with Crippen molar-refractivity contribution in [2.45, 2.75) is 30.4 Å². The number of hydrogen-bond acceptors (Lipinski definition) is 2. The SMILES string of the molecule is OC(c1ccn(CCSc2ccccc2)c1)C1CC1. The zero-order valence-corrected chi connectivity index (χ0v) is 11.7. The maximum Gasteiger partial charge on any atom is 0.0832 e. The summed E-state index contributed by atoms with van der Waals surface area (Å²) in [6.07, 6.45) is 6.27. The van der Waals surface area contributed by atoms with E-state index in [9.17, 15) is 5.11 Å². The summed E-state index contributed by atoms with van der Waals surface area (Å²) in [4.78, 5) is 1.31. The molecule has 1 N–H and O–H groups in total. The van der Waals surface area contributed by atoms with Gasteiger partial charge in [-0.05, 0) is 42.5 Å². The number of aryl methyl sites for hydroxylation is 1. The van der Waals surface area contributed by atoms with E-state index in [1.165, 1.54) is 17.7 Å². The van der Waals surface area contributed by atoms with Crippen LogP contribution in [0, 0.1) is 5.92 Å². The molecule has 0 spiro atoms. The second-order valence-corrected chi connectivity index (χ2v) is 6.29. The Labute approximate surface area is 118 Å². The lowest BCUT2D eigenvalue weighted by atomic mass is 10.1. The second kappa shape index (κ2) is 5.85.